The van der Waals surface area contributed by atoms with E-state index >= 15 is 0 Å². The summed E-state index contributed by atoms with van der Waals surface area (Å²) in [6.45, 7) is 1.70. The summed E-state index contributed by atoms with van der Waals surface area (Å²) >= 11 is 1.49. The Balaban J connectivity index is 1.56. The van der Waals surface area contributed by atoms with Crippen LogP contribution in [0.4, 0.5) is 0 Å². The number of nitrogens with zero attached hydrogens (tertiary/aromatic N) is 1. The van der Waals surface area contributed by atoms with Gasteiger partial charge in [0.1, 0.15) is 16.3 Å². The molecule has 30 heavy (non-hydrogen) atoms. The van der Waals surface area contributed by atoms with Gasteiger partial charge in [-0.2, -0.15) is 5.26 Å². The Kier molecular flexibility index (Phi) is 4.73. The van der Waals surface area contributed by atoms with Crippen LogP contribution in [-0.2, 0) is 16.0 Å². The number of Topliss-reactive ketones (excluding diaryl/α,β-unsaturated/α-hetero) is 2. The highest BCUT2D eigenvalue weighted by Crippen LogP contribution is 2.51. The minimum absolute atomic E-state index is 0.00768. The van der Waals surface area contributed by atoms with E-state index in [4.69, 9.17) is 10.00 Å². The molecule has 2 aliphatic heterocycles. The first-order valence-electron chi connectivity index (χ1n) is 10.1. The van der Waals surface area contributed by atoms with Crippen molar-refractivity contribution >= 4 is 29.1 Å². The van der Waals surface area contributed by atoms with Crippen LogP contribution in [0.15, 0.2) is 53.4 Å². The number of carbonyl (C=O) groups is 2. The minimum atomic E-state index is -0.470. The van der Waals surface area contributed by atoms with Crippen molar-refractivity contribution in [3.63, 3.8) is 0 Å². The zero-order chi connectivity index (χ0) is 20.7. The van der Waals surface area contributed by atoms with Crippen LogP contribution in [0.3, 0.4) is 0 Å². The molecule has 0 bridgehead atoms. The van der Waals surface area contributed by atoms with Gasteiger partial charge in [-0.25, -0.2) is 0 Å². The molecule has 1 saturated heterocycles. The van der Waals surface area contributed by atoms with E-state index in [1.54, 1.807) is 12.1 Å². The van der Waals surface area contributed by atoms with E-state index in [-0.39, 0.29) is 5.25 Å². The number of ether oxygens (including phenoxy) is 1. The average Bonchev–Trinajstić information content (AvgIpc) is 2.80. The molecular formula is C24H20N2O3S. The number of carbonyl (C=O) groups excluding carboxylic acids is 2. The summed E-state index contributed by atoms with van der Waals surface area (Å²) in [5.41, 5.74) is 2.46. The van der Waals surface area contributed by atoms with Gasteiger partial charge in [0.05, 0.1) is 16.9 Å². The lowest BCUT2D eigenvalue weighted by molar-refractivity contribution is -0.111. The number of ketones is 2. The molecule has 6 heteroatoms. The number of nitrogens with one attached hydrogen (secondary N) is 1. The van der Waals surface area contributed by atoms with E-state index in [0.717, 1.165) is 37.1 Å². The van der Waals surface area contributed by atoms with Gasteiger partial charge >= 0.3 is 0 Å². The van der Waals surface area contributed by atoms with E-state index in [9.17, 15) is 9.59 Å². The first-order chi connectivity index (χ1) is 14.6. The molecule has 2 heterocycles. The van der Waals surface area contributed by atoms with Crippen LogP contribution >= 0.6 is 11.8 Å². The van der Waals surface area contributed by atoms with E-state index in [1.165, 1.54) is 11.8 Å². The topological polar surface area (TPSA) is 79.2 Å². The number of benzene rings is 2. The summed E-state index contributed by atoms with van der Waals surface area (Å²) in [5, 5.41) is 12.5. The smallest absolute Gasteiger partial charge is 0.243 e. The number of thioether (sulfide) groups is 1. The lowest BCUT2D eigenvalue weighted by atomic mass is 9.84. The predicted octanol–water partition coefficient (Wildman–Crippen LogP) is 3.49. The summed E-state index contributed by atoms with van der Waals surface area (Å²) in [4.78, 5) is 26.0. The van der Waals surface area contributed by atoms with Crippen molar-refractivity contribution in [3.05, 3.63) is 75.7 Å². The lowest BCUT2D eigenvalue weighted by Gasteiger charge is -2.48. The molecule has 1 unspecified atom stereocenters. The van der Waals surface area contributed by atoms with E-state index in [2.05, 4.69) is 11.4 Å². The van der Waals surface area contributed by atoms with E-state index in [1.807, 2.05) is 36.4 Å². The molecule has 1 spiro atoms. The zero-order valence-corrected chi connectivity index (χ0v) is 17.1. The third-order valence-electron chi connectivity index (χ3n) is 6.14. The Bertz CT molecular complexity index is 1110. The second-order valence-electron chi connectivity index (χ2n) is 7.90. The zero-order valence-electron chi connectivity index (χ0n) is 16.3. The molecule has 3 aliphatic rings. The number of nitriles is 1. The van der Waals surface area contributed by atoms with Gasteiger partial charge in [-0.3, -0.25) is 9.59 Å². The van der Waals surface area contributed by atoms with Gasteiger partial charge in [0, 0.05) is 24.0 Å². The van der Waals surface area contributed by atoms with Crippen LogP contribution in [0, 0.1) is 11.3 Å². The lowest BCUT2D eigenvalue weighted by Crippen LogP contribution is -2.53. The highest BCUT2D eigenvalue weighted by molar-refractivity contribution is 8.05. The summed E-state index contributed by atoms with van der Waals surface area (Å²) in [7, 11) is 0. The van der Waals surface area contributed by atoms with Crippen LogP contribution in [0.1, 0.15) is 39.9 Å². The van der Waals surface area contributed by atoms with Gasteiger partial charge in [0.2, 0.25) is 11.6 Å². The molecule has 0 aromatic heterocycles. The fourth-order valence-corrected chi connectivity index (χ4v) is 6.01. The summed E-state index contributed by atoms with van der Waals surface area (Å²) in [5.74, 6) is -0.362. The minimum Gasteiger partial charge on any atom is -0.484 e. The summed E-state index contributed by atoms with van der Waals surface area (Å²) in [6.07, 6.45) is 2.38. The molecule has 1 fully saturated rings. The Morgan fingerprint density at radius 1 is 1.03 bits per heavy atom. The summed E-state index contributed by atoms with van der Waals surface area (Å²) < 4.78 is 6.69. The monoisotopic (exact) mass is 416 g/mol. The van der Waals surface area contributed by atoms with Gasteiger partial charge < -0.3 is 10.1 Å². The van der Waals surface area contributed by atoms with Crippen molar-refractivity contribution in [2.24, 2.45) is 0 Å². The normalized spacial score (nSPS) is 22.2. The molecule has 0 radical (unpaired) electrons. The molecule has 2 aromatic carbocycles. The Labute approximate surface area is 179 Å². The number of rotatable bonds is 2. The maximum absolute atomic E-state index is 12.9. The molecule has 5 nitrogen and oxygen atoms in total. The fourth-order valence-electron chi connectivity index (χ4n) is 4.49. The molecule has 1 aliphatic carbocycles. The van der Waals surface area contributed by atoms with Crippen LogP contribution in [0.2, 0.25) is 0 Å². The summed E-state index contributed by atoms with van der Waals surface area (Å²) in [6, 6.07) is 16.9. The standard InChI is InChI=1S/C24H20N2O3S/c25-14-16-7-5-15(6-8-16)13-19-24(9-11-26-12-10-24)29-22-18-4-2-1-3-17(18)20(27)21(28)23(22)30-19/h1-8,19,26H,9-13H2. The molecule has 2 aromatic rings. The number of fused-ring (bicyclic) bond motifs is 2. The molecule has 150 valence electrons. The molecule has 5 rings (SSSR count). The van der Waals surface area contributed by atoms with Gasteiger partial charge in [0.15, 0.2) is 0 Å². The van der Waals surface area contributed by atoms with Gasteiger partial charge in [-0.1, -0.05) is 36.4 Å². The van der Waals surface area contributed by atoms with E-state index < -0.39 is 17.2 Å². The largest absolute Gasteiger partial charge is 0.484 e. The molecule has 1 N–H and O–H groups in total. The Morgan fingerprint density at radius 2 is 1.73 bits per heavy atom. The van der Waals surface area contributed by atoms with Crippen molar-refractivity contribution in [3.8, 4) is 6.07 Å². The number of piperidine rings is 1. The third kappa shape index (κ3) is 3.06. The second-order valence-corrected chi connectivity index (χ2v) is 9.11. The third-order valence-corrected chi connectivity index (χ3v) is 7.63. The number of hydrogen-bond acceptors (Lipinski definition) is 6. The number of hydrogen-bond donors (Lipinski definition) is 1. The second kappa shape index (κ2) is 7.42. The first-order valence-corrected chi connectivity index (χ1v) is 11.0. The maximum atomic E-state index is 12.9. The quantitative estimate of drug-likeness (QED) is 0.755. The van der Waals surface area contributed by atoms with Crippen molar-refractivity contribution < 1.29 is 14.3 Å². The van der Waals surface area contributed by atoms with Crippen LogP contribution in [0.25, 0.3) is 5.76 Å². The first kappa shape index (κ1) is 19.1. The fraction of sp³-hybridized carbons (Fsp3) is 0.292. The van der Waals surface area contributed by atoms with E-state index in [0.29, 0.717) is 28.2 Å². The van der Waals surface area contributed by atoms with Gasteiger partial charge in [-0.05, 0) is 37.2 Å². The van der Waals surface area contributed by atoms with Crippen LogP contribution in [-0.4, -0.2) is 35.5 Å². The Morgan fingerprint density at radius 3 is 2.43 bits per heavy atom. The van der Waals surface area contributed by atoms with Crippen molar-refractivity contribution in [1.82, 2.24) is 5.32 Å². The molecule has 0 amide bonds. The average molecular weight is 417 g/mol. The van der Waals surface area contributed by atoms with Crippen molar-refractivity contribution in [2.45, 2.75) is 30.1 Å². The molecule has 0 saturated carbocycles. The predicted molar refractivity (Wildman–Crippen MR) is 115 cm³/mol. The molecular weight excluding hydrogens is 396 g/mol. The SMILES string of the molecule is N#Cc1ccc(CC2SC3=C(OC24CCNCC4)c2ccccc2C(=O)C3=O)cc1. The van der Waals surface area contributed by atoms with Gasteiger partial charge in [-0.15, -0.1) is 11.8 Å². The van der Waals surface area contributed by atoms with Crippen LogP contribution in [0.5, 0.6) is 0 Å². The highest BCUT2D eigenvalue weighted by atomic mass is 32.2. The van der Waals surface area contributed by atoms with Crippen molar-refractivity contribution in [2.75, 3.05) is 13.1 Å². The maximum Gasteiger partial charge on any atom is 0.243 e. The Hall–Kier alpha value is -2.88. The van der Waals surface area contributed by atoms with Gasteiger partial charge in [0.25, 0.3) is 0 Å². The number of allylic oxidation sites excluding steroid dienone is 1. The van der Waals surface area contributed by atoms with Crippen molar-refractivity contribution in [1.29, 1.82) is 5.26 Å². The molecule has 1 atom stereocenters. The van der Waals surface area contributed by atoms with Crippen LogP contribution < -0.4 is 5.32 Å². The highest BCUT2D eigenvalue weighted by Gasteiger charge is 2.50.